The first-order chi connectivity index (χ1) is 9.67. The second-order valence-corrected chi connectivity index (χ2v) is 4.80. The minimum absolute atomic E-state index is 0.249. The molecule has 1 aromatic rings. The van der Waals surface area contributed by atoms with Crippen molar-refractivity contribution in [1.82, 2.24) is 4.90 Å². The first-order valence-corrected chi connectivity index (χ1v) is 6.93. The van der Waals surface area contributed by atoms with Gasteiger partial charge in [0, 0.05) is 19.3 Å². The number of rotatable bonds is 4. The molecule has 0 aliphatic carbocycles. The molecule has 1 saturated heterocycles. The molecule has 0 N–H and O–H groups in total. The lowest BCUT2D eigenvalue weighted by Gasteiger charge is -2.18. The van der Waals surface area contributed by atoms with Crippen LogP contribution >= 0.6 is 0 Å². The number of benzene rings is 1. The van der Waals surface area contributed by atoms with Crippen LogP contribution in [0.15, 0.2) is 30.0 Å². The van der Waals surface area contributed by atoms with Gasteiger partial charge in [0.05, 0.1) is 19.3 Å². The molecule has 4 heteroatoms. The van der Waals surface area contributed by atoms with E-state index in [1.807, 2.05) is 38.2 Å². The van der Waals surface area contributed by atoms with Gasteiger partial charge in [0.15, 0.2) is 0 Å². The fraction of sp³-hybridized carbons (Fsp3) is 0.438. The Morgan fingerprint density at radius 2 is 2.00 bits per heavy atom. The third-order valence-corrected chi connectivity index (χ3v) is 3.51. The number of hydrogen-bond donors (Lipinski definition) is 0. The van der Waals surface area contributed by atoms with E-state index in [1.54, 1.807) is 7.11 Å². The van der Waals surface area contributed by atoms with Crippen molar-refractivity contribution in [2.45, 2.75) is 19.8 Å². The molecule has 4 nitrogen and oxygen atoms in total. The third kappa shape index (κ3) is 2.95. The lowest BCUT2D eigenvalue weighted by Crippen LogP contribution is -2.17. The molecule has 0 radical (unpaired) electrons. The number of carbonyl (C=O) groups excluding carboxylic acids is 1. The number of methoxy groups -OCH3 is 1. The summed E-state index contributed by atoms with van der Waals surface area (Å²) >= 11 is 0. The minimum Gasteiger partial charge on any atom is -0.497 e. The van der Waals surface area contributed by atoms with Gasteiger partial charge in [-0.1, -0.05) is 12.1 Å². The van der Waals surface area contributed by atoms with Crippen molar-refractivity contribution in [3.05, 3.63) is 35.5 Å². The number of esters is 1. The summed E-state index contributed by atoms with van der Waals surface area (Å²) in [6.07, 6.45) is 1.99. The molecular weight excluding hydrogens is 254 g/mol. The zero-order valence-corrected chi connectivity index (χ0v) is 12.3. The van der Waals surface area contributed by atoms with Gasteiger partial charge in [-0.2, -0.15) is 0 Å². The van der Waals surface area contributed by atoms with E-state index in [4.69, 9.17) is 9.47 Å². The summed E-state index contributed by atoms with van der Waals surface area (Å²) in [5, 5.41) is 0. The van der Waals surface area contributed by atoms with Crippen LogP contribution in [0.2, 0.25) is 0 Å². The van der Waals surface area contributed by atoms with Crippen LogP contribution in [0, 0.1) is 0 Å². The molecule has 2 rings (SSSR count). The molecule has 0 aromatic heterocycles. The van der Waals surface area contributed by atoms with Gasteiger partial charge in [0.25, 0.3) is 0 Å². The Morgan fingerprint density at radius 1 is 1.30 bits per heavy atom. The average Bonchev–Trinajstić information content (AvgIpc) is 2.86. The molecule has 1 aliphatic heterocycles. The van der Waals surface area contributed by atoms with E-state index in [2.05, 4.69) is 4.90 Å². The van der Waals surface area contributed by atoms with Gasteiger partial charge in [0.2, 0.25) is 0 Å². The number of likely N-dealkylation sites (tertiary alicyclic amines) is 1. The highest BCUT2D eigenvalue weighted by Gasteiger charge is 2.24. The summed E-state index contributed by atoms with van der Waals surface area (Å²) in [5.41, 5.74) is 2.62. The van der Waals surface area contributed by atoms with Gasteiger partial charge in [-0.25, -0.2) is 4.79 Å². The topological polar surface area (TPSA) is 38.8 Å². The molecule has 0 bridgehead atoms. The van der Waals surface area contributed by atoms with Crippen LogP contribution in [0.25, 0.3) is 5.57 Å². The predicted octanol–water partition coefficient (Wildman–Crippen LogP) is 2.70. The van der Waals surface area contributed by atoms with Gasteiger partial charge in [-0.15, -0.1) is 0 Å². The van der Waals surface area contributed by atoms with Crippen molar-refractivity contribution in [3.8, 4) is 5.75 Å². The zero-order valence-electron chi connectivity index (χ0n) is 12.3. The maximum Gasteiger partial charge on any atom is 0.340 e. The van der Waals surface area contributed by atoms with Crippen LogP contribution in [0.3, 0.4) is 0 Å². The highest BCUT2D eigenvalue weighted by molar-refractivity contribution is 6.17. The summed E-state index contributed by atoms with van der Waals surface area (Å²) in [7, 11) is 3.65. The number of allylic oxidation sites excluding steroid dienone is 1. The Labute approximate surface area is 120 Å². The normalized spacial score (nSPS) is 17.1. The van der Waals surface area contributed by atoms with Crippen molar-refractivity contribution in [1.29, 1.82) is 0 Å². The Kier molecular flexibility index (Phi) is 4.66. The van der Waals surface area contributed by atoms with E-state index >= 15 is 0 Å². The molecule has 1 aliphatic rings. The number of carbonyl (C=O) groups is 1. The van der Waals surface area contributed by atoms with Gasteiger partial charge in [-0.3, -0.25) is 0 Å². The van der Waals surface area contributed by atoms with Crippen molar-refractivity contribution >= 4 is 11.5 Å². The van der Waals surface area contributed by atoms with Crippen LogP contribution in [0.1, 0.15) is 25.3 Å². The summed E-state index contributed by atoms with van der Waals surface area (Å²) in [6, 6.07) is 7.54. The highest BCUT2D eigenvalue weighted by Crippen LogP contribution is 2.30. The molecule has 108 valence electrons. The van der Waals surface area contributed by atoms with Crippen LogP contribution < -0.4 is 4.74 Å². The van der Waals surface area contributed by atoms with E-state index in [0.717, 1.165) is 36.4 Å². The molecule has 0 amide bonds. The van der Waals surface area contributed by atoms with E-state index < -0.39 is 0 Å². The quantitative estimate of drug-likeness (QED) is 0.625. The molecule has 1 fully saturated rings. The SMILES string of the molecule is CCOC(=O)/C(=C1/CCCN1C)c1ccc(OC)cc1. The van der Waals surface area contributed by atoms with Crippen molar-refractivity contribution in [2.24, 2.45) is 0 Å². The van der Waals surface area contributed by atoms with Gasteiger partial charge >= 0.3 is 5.97 Å². The molecule has 0 atom stereocenters. The van der Waals surface area contributed by atoms with Gasteiger partial charge in [0.1, 0.15) is 5.75 Å². The fourth-order valence-corrected chi connectivity index (χ4v) is 2.49. The number of ether oxygens (including phenoxy) is 2. The molecule has 0 spiro atoms. The fourth-order valence-electron chi connectivity index (χ4n) is 2.49. The molecule has 1 heterocycles. The highest BCUT2D eigenvalue weighted by atomic mass is 16.5. The standard InChI is InChI=1S/C16H21NO3/c1-4-20-16(18)15(14-6-5-11-17(14)2)12-7-9-13(19-3)10-8-12/h7-10H,4-6,11H2,1-3H3/b15-14-. The van der Waals surface area contributed by atoms with Gasteiger partial charge in [-0.05, 0) is 37.5 Å². The van der Waals surface area contributed by atoms with Gasteiger partial charge < -0.3 is 14.4 Å². The molecular formula is C16H21NO3. The van der Waals surface area contributed by atoms with Crippen molar-refractivity contribution < 1.29 is 14.3 Å². The Morgan fingerprint density at radius 3 is 2.50 bits per heavy atom. The Balaban J connectivity index is 2.43. The maximum atomic E-state index is 12.3. The Bertz CT molecular complexity index is 505. The number of nitrogens with zero attached hydrogens (tertiary/aromatic N) is 1. The summed E-state index contributed by atoms with van der Waals surface area (Å²) in [4.78, 5) is 14.4. The largest absolute Gasteiger partial charge is 0.497 e. The third-order valence-electron chi connectivity index (χ3n) is 3.51. The minimum atomic E-state index is -0.249. The molecule has 1 aromatic carbocycles. The zero-order chi connectivity index (χ0) is 14.5. The van der Waals surface area contributed by atoms with Crippen LogP contribution in [0.4, 0.5) is 0 Å². The van der Waals surface area contributed by atoms with Crippen molar-refractivity contribution in [2.75, 3.05) is 27.3 Å². The van der Waals surface area contributed by atoms with E-state index in [0.29, 0.717) is 12.2 Å². The second-order valence-electron chi connectivity index (χ2n) is 4.80. The maximum absolute atomic E-state index is 12.3. The lowest BCUT2D eigenvalue weighted by molar-refractivity contribution is -0.136. The Hall–Kier alpha value is -1.97. The predicted molar refractivity (Wildman–Crippen MR) is 78.4 cm³/mol. The monoisotopic (exact) mass is 275 g/mol. The van der Waals surface area contributed by atoms with E-state index in [-0.39, 0.29) is 5.97 Å². The summed E-state index contributed by atoms with van der Waals surface area (Å²) in [6.45, 7) is 3.19. The number of hydrogen-bond acceptors (Lipinski definition) is 4. The smallest absolute Gasteiger partial charge is 0.340 e. The second kappa shape index (κ2) is 6.46. The molecule has 0 saturated carbocycles. The van der Waals surface area contributed by atoms with Crippen LogP contribution in [-0.2, 0) is 9.53 Å². The molecule has 0 unspecified atom stereocenters. The van der Waals surface area contributed by atoms with Crippen molar-refractivity contribution in [3.63, 3.8) is 0 Å². The van der Waals surface area contributed by atoms with E-state index in [1.165, 1.54) is 0 Å². The first kappa shape index (κ1) is 14.4. The summed E-state index contributed by atoms with van der Waals surface area (Å²) in [5.74, 6) is 0.531. The first-order valence-electron chi connectivity index (χ1n) is 6.93. The molecule has 20 heavy (non-hydrogen) atoms. The van der Waals surface area contributed by atoms with E-state index in [9.17, 15) is 4.79 Å². The summed E-state index contributed by atoms with van der Waals surface area (Å²) < 4.78 is 10.4. The van der Waals surface area contributed by atoms with Crippen LogP contribution in [-0.4, -0.2) is 38.2 Å². The van der Waals surface area contributed by atoms with Crippen LogP contribution in [0.5, 0.6) is 5.75 Å². The average molecular weight is 275 g/mol. The lowest BCUT2D eigenvalue weighted by atomic mass is 10.0.